The van der Waals surface area contributed by atoms with Gasteiger partial charge in [-0.1, -0.05) is 12.1 Å². The van der Waals surface area contributed by atoms with Crippen LogP contribution < -0.4 is 11.0 Å². The third-order valence-electron chi connectivity index (χ3n) is 1.79. The first-order valence-corrected chi connectivity index (χ1v) is 4.34. The Morgan fingerprint density at radius 3 is 2.56 bits per heavy atom. The highest BCUT2D eigenvalue weighted by atomic mass is 16.5. The van der Waals surface area contributed by atoms with Crippen LogP contribution in [0.1, 0.15) is 15.9 Å². The number of hydrogen-bond acceptors (Lipinski definition) is 4. The smallest absolute Gasteiger partial charge is 0.274 e. The topological polar surface area (TPSA) is 98.7 Å². The minimum absolute atomic E-state index is 0.258. The van der Waals surface area contributed by atoms with Crippen LogP contribution in [0.2, 0.25) is 0 Å². The minimum atomic E-state index is -0.669. The van der Waals surface area contributed by atoms with Crippen LogP contribution in [0, 0.1) is 0 Å². The molecule has 84 valence electrons. The van der Waals surface area contributed by atoms with Crippen molar-refractivity contribution >= 4 is 17.9 Å². The van der Waals surface area contributed by atoms with Gasteiger partial charge in [0.15, 0.2) is 0 Å². The molecule has 0 radical (unpaired) electrons. The maximum absolute atomic E-state index is 11.1. The molecule has 0 aliphatic heterocycles. The van der Waals surface area contributed by atoms with Crippen molar-refractivity contribution in [1.82, 2.24) is 11.0 Å². The van der Waals surface area contributed by atoms with E-state index < -0.39 is 11.8 Å². The van der Waals surface area contributed by atoms with E-state index in [1.807, 2.05) is 0 Å². The Hall–Kier alpha value is -2.18. The molecule has 0 heterocycles. The Kier molecular flexibility index (Phi) is 4.19. The van der Waals surface area contributed by atoms with Crippen molar-refractivity contribution < 1.29 is 20.0 Å². The molecule has 0 spiro atoms. The molecule has 0 fully saturated rings. The Morgan fingerprint density at radius 2 is 1.94 bits per heavy atom. The molecular weight excluding hydrogens is 212 g/mol. The van der Waals surface area contributed by atoms with Gasteiger partial charge in [-0.25, -0.2) is 11.0 Å². The molecule has 1 aromatic rings. The van der Waals surface area contributed by atoms with Gasteiger partial charge in [0.1, 0.15) is 0 Å². The van der Waals surface area contributed by atoms with Crippen molar-refractivity contribution in [1.29, 1.82) is 0 Å². The fourth-order valence-corrected chi connectivity index (χ4v) is 1.06. The number of hydroxylamine groups is 2. The number of carbonyl (C=O) groups is 2. The lowest BCUT2D eigenvalue weighted by molar-refractivity contribution is -0.124. The zero-order valence-corrected chi connectivity index (χ0v) is 8.18. The fourth-order valence-electron chi connectivity index (χ4n) is 1.06. The second-order valence-corrected chi connectivity index (χ2v) is 2.88. The fraction of sp³-hybridized carbons (Fsp3) is 0. The third-order valence-corrected chi connectivity index (χ3v) is 1.79. The molecule has 0 saturated carbocycles. The summed E-state index contributed by atoms with van der Waals surface area (Å²) in [5.74, 6) is -1.31. The van der Waals surface area contributed by atoms with Crippen LogP contribution in [0.25, 0.3) is 6.08 Å². The first-order chi connectivity index (χ1) is 7.67. The van der Waals surface area contributed by atoms with Gasteiger partial charge in [0.05, 0.1) is 0 Å². The van der Waals surface area contributed by atoms with Crippen LogP contribution in [-0.4, -0.2) is 22.2 Å². The maximum Gasteiger partial charge on any atom is 0.274 e. The minimum Gasteiger partial charge on any atom is -0.288 e. The molecule has 0 atom stereocenters. The lowest BCUT2D eigenvalue weighted by Gasteiger charge is -1.99. The molecule has 0 aromatic heterocycles. The number of amides is 2. The maximum atomic E-state index is 11.1. The summed E-state index contributed by atoms with van der Waals surface area (Å²) in [5, 5.41) is 16.7. The summed E-state index contributed by atoms with van der Waals surface area (Å²) >= 11 is 0. The van der Waals surface area contributed by atoms with Gasteiger partial charge in [0.2, 0.25) is 0 Å². The van der Waals surface area contributed by atoms with E-state index in [1.54, 1.807) is 12.1 Å². The first kappa shape index (κ1) is 11.9. The monoisotopic (exact) mass is 222 g/mol. The summed E-state index contributed by atoms with van der Waals surface area (Å²) in [7, 11) is 0. The van der Waals surface area contributed by atoms with E-state index in [0.717, 1.165) is 6.08 Å². The summed E-state index contributed by atoms with van der Waals surface area (Å²) in [5.41, 5.74) is 3.79. The Labute approximate surface area is 91.1 Å². The van der Waals surface area contributed by atoms with Gasteiger partial charge >= 0.3 is 0 Å². The Balaban J connectivity index is 2.86. The van der Waals surface area contributed by atoms with Gasteiger partial charge in [-0.15, -0.1) is 0 Å². The normalized spacial score (nSPS) is 10.1. The van der Waals surface area contributed by atoms with Gasteiger partial charge in [-0.2, -0.15) is 0 Å². The van der Waals surface area contributed by atoms with Crippen LogP contribution in [0.3, 0.4) is 0 Å². The molecule has 6 nitrogen and oxygen atoms in total. The van der Waals surface area contributed by atoms with Crippen molar-refractivity contribution in [2.75, 3.05) is 0 Å². The second kappa shape index (κ2) is 5.64. The average molecular weight is 222 g/mol. The van der Waals surface area contributed by atoms with Crippen LogP contribution in [0.4, 0.5) is 0 Å². The summed E-state index contributed by atoms with van der Waals surface area (Å²) in [6, 6.07) is 6.25. The highest BCUT2D eigenvalue weighted by Gasteiger charge is 2.03. The van der Waals surface area contributed by atoms with E-state index in [0.29, 0.717) is 5.56 Å². The molecular formula is C10H10N2O4. The molecule has 4 N–H and O–H groups in total. The number of rotatable bonds is 3. The van der Waals surface area contributed by atoms with Crippen molar-refractivity contribution in [2.45, 2.75) is 0 Å². The SMILES string of the molecule is O=C(C=Cc1cccc(C(=O)NO)c1)NO. The van der Waals surface area contributed by atoms with Crippen molar-refractivity contribution in [3.8, 4) is 0 Å². The third kappa shape index (κ3) is 3.19. The molecule has 0 unspecified atom stereocenters. The second-order valence-electron chi connectivity index (χ2n) is 2.88. The van der Waals surface area contributed by atoms with E-state index in [-0.39, 0.29) is 5.56 Å². The highest BCUT2D eigenvalue weighted by Crippen LogP contribution is 2.06. The number of benzene rings is 1. The molecule has 16 heavy (non-hydrogen) atoms. The summed E-state index contributed by atoms with van der Waals surface area (Å²) < 4.78 is 0. The quantitative estimate of drug-likeness (QED) is 0.336. The molecule has 1 aromatic carbocycles. The van der Waals surface area contributed by atoms with Gasteiger partial charge in [-0.3, -0.25) is 20.0 Å². The van der Waals surface area contributed by atoms with Gasteiger partial charge in [0, 0.05) is 11.6 Å². The van der Waals surface area contributed by atoms with Crippen LogP contribution in [0.15, 0.2) is 30.3 Å². The first-order valence-electron chi connectivity index (χ1n) is 4.34. The van der Waals surface area contributed by atoms with E-state index >= 15 is 0 Å². The summed E-state index contributed by atoms with van der Waals surface area (Å²) in [6.45, 7) is 0. The largest absolute Gasteiger partial charge is 0.288 e. The van der Waals surface area contributed by atoms with Gasteiger partial charge in [0.25, 0.3) is 11.8 Å². The Bertz CT molecular complexity index is 429. The molecule has 1 rings (SSSR count). The van der Waals surface area contributed by atoms with Crippen LogP contribution in [-0.2, 0) is 4.79 Å². The van der Waals surface area contributed by atoms with Crippen LogP contribution >= 0.6 is 0 Å². The molecule has 0 bridgehead atoms. The zero-order valence-electron chi connectivity index (χ0n) is 8.18. The lowest BCUT2D eigenvalue weighted by atomic mass is 10.1. The predicted molar refractivity (Wildman–Crippen MR) is 54.7 cm³/mol. The molecule has 0 aliphatic rings. The molecule has 0 aliphatic carbocycles. The van der Waals surface area contributed by atoms with Gasteiger partial charge in [-0.05, 0) is 23.8 Å². The van der Waals surface area contributed by atoms with Crippen molar-refractivity contribution in [3.05, 3.63) is 41.5 Å². The average Bonchev–Trinajstić information content (AvgIpc) is 2.35. The highest BCUT2D eigenvalue weighted by molar-refractivity contribution is 5.95. The van der Waals surface area contributed by atoms with E-state index in [9.17, 15) is 9.59 Å². The predicted octanol–water partition coefficient (Wildman–Crippen LogP) is 0.324. The van der Waals surface area contributed by atoms with Crippen molar-refractivity contribution in [3.63, 3.8) is 0 Å². The Morgan fingerprint density at radius 1 is 1.19 bits per heavy atom. The van der Waals surface area contributed by atoms with E-state index in [4.69, 9.17) is 10.4 Å². The number of hydrogen-bond donors (Lipinski definition) is 4. The van der Waals surface area contributed by atoms with E-state index in [1.165, 1.54) is 29.2 Å². The number of carbonyl (C=O) groups excluding carboxylic acids is 2. The molecule has 2 amide bonds. The molecule has 0 saturated heterocycles. The summed E-state index contributed by atoms with van der Waals surface area (Å²) in [6.07, 6.45) is 2.52. The van der Waals surface area contributed by atoms with E-state index in [2.05, 4.69) is 0 Å². The summed E-state index contributed by atoms with van der Waals surface area (Å²) in [4.78, 5) is 21.7. The van der Waals surface area contributed by atoms with Crippen molar-refractivity contribution in [2.24, 2.45) is 0 Å². The zero-order chi connectivity index (χ0) is 12.0. The van der Waals surface area contributed by atoms with Crippen LogP contribution in [0.5, 0.6) is 0 Å². The van der Waals surface area contributed by atoms with Gasteiger partial charge < -0.3 is 0 Å². The molecule has 6 heteroatoms. The standard InChI is InChI=1S/C10H10N2O4/c13-9(11-15)5-4-7-2-1-3-8(6-7)10(14)12-16/h1-6,15-16H,(H,11,13)(H,12,14). The lowest BCUT2D eigenvalue weighted by Crippen LogP contribution is -2.18. The number of nitrogens with one attached hydrogen (secondary N) is 2.